The van der Waals surface area contributed by atoms with E-state index in [4.69, 9.17) is 16.9 Å². The molecule has 0 spiro atoms. The molecule has 0 aliphatic rings. The number of halogens is 1. The minimum atomic E-state index is -3.41. The standard InChI is InChI=1S/C11H13ClN2O2S/c1-2-3-6-17(15,16)14-11-7-10(12)5-4-9(11)8-13/h4-5,7,14H,2-3,6H2,1H3. The largest absolute Gasteiger partial charge is 0.282 e. The highest BCUT2D eigenvalue weighted by atomic mass is 35.5. The topological polar surface area (TPSA) is 70.0 Å². The van der Waals surface area contributed by atoms with Crippen LogP contribution >= 0.6 is 11.6 Å². The van der Waals surface area contributed by atoms with Crippen molar-refractivity contribution in [2.75, 3.05) is 10.5 Å². The van der Waals surface area contributed by atoms with Gasteiger partial charge in [0.15, 0.2) is 0 Å². The van der Waals surface area contributed by atoms with Crippen molar-refractivity contribution in [3.05, 3.63) is 28.8 Å². The van der Waals surface area contributed by atoms with E-state index >= 15 is 0 Å². The van der Waals surface area contributed by atoms with Crippen LogP contribution in [0.15, 0.2) is 18.2 Å². The van der Waals surface area contributed by atoms with E-state index in [2.05, 4.69) is 4.72 Å². The van der Waals surface area contributed by atoms with Crippen molar-refractivity contribution < 1.29 is 8.42 Å². The van der Waals surface area contributed by atoms with Gasteiger partial charge < -0.3 is 0 Å². The van der Waals surface area contributed by atoms with Crippen LogP contribution in [0.5, 0.6) is 0 Å². The molecule has 0 heterocycles. The quantitative estimate of drug-likeness (QED) is 0.896. The molecule has 0 fully saturated rings. The number of nitriles is 1. The predicted molar refractivity (Wildman–Crippen MR) is 68.5 cm³/mol. The van der Waals surface area contributed by atoms with Gasteiger partial charge >= 0.3 is 0 Å². The van der Waals surface area contributed by atoms with Gasteiger partial charge in [0.2, 0.25) is 10.0 Å². The van der Waals surface area contributed by atoms with E-state index < -0.39 is 10.0 Å². The van der Waals surface area contributed by atoms with Crippen LogP contribution in [0.1, 0.15) is 25.3 Å². The van der Waals surface area contributed by atoms with Crippen molar-refractivity contribution in [1.82, 2.24) is 0 Å². The van der Waals surface area contributed by atoms with Gasteiger partial charge in [-0.1, -0.05) is 24.9 Å². The van der Waals surface area contributed by atoms with Gasteiger partial charge in [-0.3, -0.25) is 4.72 Å². The van der Waals surface area contributed by atoms with Gasteiger partial charge in [-0.2, -0.15) is 5.26 Å². The van der Waals surface area contributed by atoms with Crippen LogP contribution in [-0.4, -0.2) is 14.2 Å². The molecule has 0 atom stereocenters. The molecule has 1 rings (SSSR count). The molecule has 92 valence electrons. The summed E-state index contributed by atoms with van der Waals surface area (Å²) in [6, 6.07) is 6.38. The number of benzene rings is 1. The lowest BCUT2D eigenvalue weighted by molar-refractivity contribution is 0.598. The lowest BCUT2D eigenvalue weighted by Crippen LogP contribution is -2.17. The van der Waals surface area contributed by atoms with Gasteiger partial charge in [0.05, 0.1) is 17.0 Å². The van der Waals surface area contributed by atoms with E-state index in [-0.39, 0.29) is 17.0 Å². The average molecular weight is 273 g/mol. The number of hydrogen-bond donors (Lipinski definition) is 1. The molecule has 0 radical (unpaired) electrons. The molecular formula is C11H13ClN2O2S. The van der Waals surface area contributed by atoms with E-state index in [9.17, 15) is 8.42 Å². The fourth-order valence-corrected chi connectivity index (χ4v) is 2.70. The average Bonchev–Trinajstić information content (AvgIpc) is 2.26. The van der Waals surface area contributed by atoms with Gasteiger partial charge in [-0.25, -0.2) is 8.42 Å². The molecule has 17 heavy (non-hydrogen) atoms. The van der Waals surface area contributed by atoms with Crippen molar-refractivity contribution in [1.29, 1.82) is 5.26 Å². The SMILES string of the molecule is CCCCS(=O)(=O)Nc1cc(Cl)ccc1C#N. The van der Waals surface area contributed by atoms with Crippen LogP contribution in [0, 0.1) is 11.3 Å². The van der Waals surface area contributed by atoms with Crippen LogP contribution in [0.2, 0.25) is 5.02 Å². The first-order chi connectivity index (χ1) is 7.98. The van der Waals surface area contributed by atoms with Gasteiger partial charge in [-0.05, 0) is 24.6 Å². The van der Waals surface area contributed by atoms with Crippen molar-refractivity contribution in [2.45, 2.75) is 19.8 Å². The Morgan fingerprint density at radius 1 is 1.47 bits per heavy atom. The highest BCUT2D eigenvalue weighted by molar-refractivity contribution is 7.92. The van der Waals surface area contributed by atoms with Gasteiger partial charge in [-0.15, -0.1) is 0 Å². The Labute approximate surface area is 106 Å². The number of nitrogens with zero attached hydrogens (tertiary/aromatic N) is 1. The molecule has 1 aromatic carbocycles. The molecule has 1 N–H and O–H groups in total. The number of rotatable bonds is 5. The zero-order valence-electron chi connectivity index (χ0n) is 9.40. The Hall–Kier alpha value is -1.25. The summed E-state index contributed by atoms with van der Waals surface area (Å²) in [5.41, 5.74) is 0.491. The van der Waals surface area contributed by atoms with E-state index in [1.165, 1.54) is 12.1 Å². The predicted octanol–water partition coefficient (Wildman–Crippen LogP) is 2.75. The zero-order chi connectivity index (χ0) is 12.9. The number of anilines is 1. The first-order valence-electron chi connectivity index (χ1n) is 5.18. The molecular weight excluding hydrogens is 260 g/mol. The summed E-state index contributed by atoms with van der Waals surface area (Å²) >= 11 is 5.76. The first-order valence-corrected chi connectivity index (χ1v) is 7.21. The van der Waals surface area contributed by atoms with E-state index in [1.807, 2.05) is 13.0 Å². The van der Waals surface area contributed by atoms with Crippen molar-refractivity contribution in [2.24, 2.45) is 0 Å². The van der Waals surface area contributed by atoms with E-state index in [1.54, 1.807) is 6.07 Å². The summed E-state index contributed by atoms with van der Waals surface area (Å²) in [7, 11) is -3.41. The number of nitrogens with one attached hydrogen (secondary N) is 1. The fraction of sp³-hybridized carbons (Fsp3) is 0.364. The number of sulfonamides is 1. The zero-order valence-corrected chi connectivity index (χ0v) is 11.0. The third-order valence-corrected chi connectivity index (χ3v) is 3.73. The van der Waals surface area contributed by atoms with Gasteiger partial charge in [0.25, 0.3) is 0 Å². The summed E-state index contributed by atoms with van der Waals surface area (Å²) in [5.74, 6) is 0.0425. The maximum Gasteiger partial charge on any atom is 0.232 e. The minimum absolute atomic E-state index is 0.0425. The fourth-order valence-electron chi connectivity index (χ4n) is 1.25. The lowest BCUT2D eigenvalue weighted by Gasteiger charge is -2.09. The molecule has 0 bridgehead atoms. The second kappa shape index (κ2) is 5.89. The highest BCUT2D eigenvalue weighted by Crippen LogP contribution is 2.21. The second-order valence-corrected chi connectivity index (χ2v) is 5.85. The maximum atomic E-state index is 11.7. The molecule has 4 nitrogen and oxygen atoms in total. The van der Waals surface area contributed by atoms with Crippen LogP contribution in [0.25, 0.3) is 0 Å². The van der Waals surface area contributed by atoms with E-state index in [0.29, 0.717) is 11.4 Å². The van der Waals surface area contributed by atoms with Crippen molar-refractivity contribution >= 4 is 27.3 Å². The molecule has 6 heteroatoms. The Bertz CT molecular complexity index is 535. The lowest BCUT2D eigenvalue weighted by atomic mass is 10.2. The smallest absolute Gasteiger partial charge is 0.232 e. The number of hydrogen-bond acceptors (Lipinski definition) is 3. The molecule has 0 saturated heterocycles. The highest BCUT2D eigenvalue weighted by Gasteiger charge is 2.12. The second-order valence-electron chi connectivity index (χ2n) is 3.58. The number of unbranched alkanes of at least 4 members (excludes halogenated alkanes) is 1. The van der Waals surface area contributed by atoms with Crippen LogP contribution < -0.4 is 4.72 Å². The van der Waals surface area contributed by atoms with Gasteiger partial charge in [0.1, 0.15) is 6.07 Å². The normalized spacial score (nSPS) is 10.9. The summed E-state index contributed by atoms with van der Waals surface area (Å²) < 4.78 is 25.7. The van der Waals surface area contributed by atoms with Crippen LogP contribution in [0.3, 0.4) is 0 Å². The molecule has 0 aliphatic heterocycles. The van der Waals surface area contributed by atoms with Crippen LogP contribution in [-0.2, 0) is 10.0 Å². The van der Waals surface area contributed by atoms with E-state index in [0.717, 1.165) is 6.42 Å². The Kier molecular flexibility index (Phi) is 4.79. The Balaban J connectivity index is 2.95. The van der Waals surface area contributed by atoms with Crippen LogP contribution in [0.4, 0.5) is 5.69 Å². The molecule has 0 aliphatic carbocycles. The van der Waals surface area contributed by atoms with Gasteiger partial charge in [0, 0.05) is 5.02 Å². The maximum absolute atomic E-state index is 11.7. The van der Waals surface area contributed by atoms with Crippen molar-refractivity contribution in [3.8, 4) is 6.07 Å². The molecule has 1 aromatic rings. The Morgan fingerprint density at radius 2 is 2.18 bits per heavy atom. The summed E-state index contributed by atoms with van der Waals surface area (Å²) in [5, 5.41) is 9.24. The summed E-state index contributed by atoms with van der Waals surface area (Å²) in [6.07, 6.45) is 1.37. The summed E-state index contributed by atoms with van der Waals surface area (Å²) in [4.78, 5) is 0. The molecule has 0 amide bonds. The van der Waals surface area contributed by atoms with Crippen molar-refractivity contribution in [3.63, 3.8) is 0 Å². The molecule has 0 unspecified atom stereocenters. The minimum Gasteiger partial charge on any atom is -0.282 e. The first kappa shape index (κ1) is 13.8. The monoisotopic (exact) mass is 272 g/mol. The Morgan fingerprint density at radius 3 is 2.76 bits per heavy atom. The third kappa shape index (κ3) is 4.25. The molecule has 0 aromatic heterocycles. The third-order valence-electron chi connectivity index (χ3n) is 2.13. The molecule has 0 saturated carbocycles. The summed E-state index contributed by atoms with van der Waals surface area (Å²) in [6.45, 7) is 1.91.